The lowest BCUT2D eigenvalue weighted by Crippen LogP contribution is -2.09. The van der Waals surface area contributed by atoms with Crippen LogP contribution in [0, 0.1) is 5.92 Å². The number of alkyl halides is 1. The molecule has 0 fully saturated rings. The minimum Gasteiger partial charge on any atom is -0.491 e. The maximum Gasteiger partial charge on any atom is 0.221 e. The van der Waals surface area contributed by atoms with Crippen molar-refractivity contribution in [2.45, 2.75) is 26.7 Å². The number of para-hydroxylation sites is 2. The van der Waals surface area contributed by atoms with E-state index in [1.165, 1.54) is 6.92 Å². The Kier molecular flexibility index (Phi) is 6.58. The summed E-state index contributed by atoms with van der Waals surface area (Å²) >= 11 is 5.69. The number of anilines is 1. The SMILES string of the molecule is CC(=O)Nc1ccccc1OCCC(C)CCCl. The Bertz CT molecular complexity index is 382. The van der Waals surface area contributed by atoms with Gasteiger partial charge in [-0.1, -0.05) is 19.1 Å². The van der Waals surface area contributed by atoms with Gasteiger partial charge in [-0.05, 0) is 30.9 Å². The van der Waals surface area contributed by atoms with E-state index in [4.69, 9.17) is 16.3 Å². The van der Waals surface area contributed by atoms with Crippen LogP contribution in [0.5, 0.6) is 5.75 Å². The number of ether oxygens (including phenoxy) is 1. The highest BCUT2D eigenvalue weighted by atomic mass is 35.5. The fraction of sp³-hybridized carbons (Fsp3) is 0.500. The zero-order valence-electron chi connectivity index (χ0n) is 10.9. The number of rotatable bonds is 7. The number of halogens is 1. The molecule has 0 radical (unpaired) electrons. The first-order valence-corrected chi connectivity index (χ1v) is 6.72. The van der Waals surface area contributed by atoms with E-state index in [-0.39, 0.29) is 5.91 Å². The summed E-state index contributed by atoms with van der Waals surface area (Å²) < 4.78 is 5.70. The average Bonchev–Trinajstić information content (AvgIpc) is 2.31. The summed E-state index contributed by atoms with van der Waals surface area (Å²) in [5.41, 5.74) is 0.718. The zero-order chi connectivity index (χ0) is 13.4. The molecule has 0 bridgehead atoms. The molecule has 1 aromatic carbocycles. The molecular formula is C14H20ClNO2. The third-order valence-corrected chi connectivity index (χ3v) is 2.89. The van der Waals surface area contributed by atoms with Crippen LogP contribution in [0.2, 0.25) is 0 Å². The van der Waals surface area contributed by atoms with Crippen molar-refractivity contribution < 1.29 is 9.53 Å². The number of hydrogen-bond donors (Lipinski definition) is 1. The van der Waals surface area contributed by atoms with E-state index in [2.05, 4.69) is 12.2 Å². The van der Waals surface area contributed by atoms with Crippen LogP contribution in [-0.4, -0.2) is 18.4 Å². The van der Waals surface area contributed by atoms with Crippen molar-refractivity contribution in [3.8, 4) is 5.75 Å². The topological polar surface area (TPSA) is 38.3 Å². The molecule has 100 valence electrons. The molecule has 0 spiro atoms. The first-order chi connectivity index (χ1) is 8.63. The molecule has 3 nitrogen and oxygen atoms in total. The van der Waals surface area contributed by atoms with Crippen LogP contribution in [0.4, 0.5) is 5.69 Å². The number of nitrogens with one attached hydrogen (secondary N) is 1. The maximum atomic E-state index is 11.1. The van der Waals surface area contributed by atoms with Crippen LogP contribution in [0.1, 0.15) is 26.7 Å². The molecule has 1 atom stereocenters. The third kappa shape index (κ3) is 5.41. The van der Waals surface area contributed by atoms with Gasteiger partial charge in [0.05, 0.1) is 12.3 Å². The highest BCUT2D eigenvalue weighted by Crippen LogP contribution is 2.24. The van der Waals surface area contributed by atoms with Crippen molar-refractivity contribution in [3.63, 3.8) is 0 Å². The average molecular weight is 270 g/mol. The molecule has 1 amide bonds. The first-order valence-electron chi connectivity index (χ1n) is 6.19. The number of benzene rings is 1. The van der Waals surface area contributed by atoms with Crippen LogP contribution >= 0.6 is 11.6 Å². The van der Waals surface area contributed by atoms with Gasteiger partial charge in [0.1, 0.15) is 5.75 Å². The molecule has 0 heterocycles. The van der Waals surface area contributed by atoms with Gasteiger partial charge in [0.2, 0.25) is 5.91 Å². The van der Waals surface area contributed by atoms with Gasteiger partial charge in [0.25, 0.3) is 0 Å². The van der Waals surface area contributed by atoms with Crippen molar-refractivity contribution in [2.24, 2.45) is 5.92 Å². The van der Waals surface area contributed by atoms with E-state index < -0.39 is 0 Å². The fourth-order valence-electron chi connectivity index (χ4n) is 1.59. The summed E-state index contributed by atoms with van der Waals surface area (Å²) in [4.78, 5) is 11.1. The summed E-state index contributed by atoms with van der Waals surface area (Å²) in [6.07, 6.45) is 1.96. The van der Waals surface area contributed by atoms with Crippen molar-refractivity contribution in [1.29, 1.82) is 0 Å². The van der Waals surface area contributed by atoms with Gasteiger partial charge < -0.3 is 10.1 Å². The van der Waals surface area contributed by atoms with Gasteiger partial charge in [0, 0.05) is 12.8 Å². The second kappa shape index (κ2) is 7.98. The lowest BCUT2D eigenvalue weighted by molar-refractivity contribution is -0.114. The minimum atomic E-state index is -0.0958. The van der Waals surface area contributed by atoms with Crippen molar-refractivity contribution in [1.82, 2.24) is 0 Å². The van der Waals surface area contributed by atoms with Gasteiger partial charge in [0.15, 0.2) is 0 Å². The molecule has 0 aliphatic carbocycles. The summed E-state index contributed by atoms with van der Waals surface area (Å²) in [7, 11) is 0. The minimum absolute atomic E-state index is 0.0958. The molecule has 18 heavy (non-hydrogen) atoms. The first kappa shape index (κ1) is 14.8. The van der Waals surface area contributed by atoms with Gasteiger partial charge in [-0.2, -0.15) is 0 Å². The number of carbonyl (C=O) groups is 1. The Hall–Kier alpha value is -1.22. The van der Waals surface area contributed by atoms with E-state index in [0.717, 1.165) is 18.5 Å². The van der Waals surface area contributed by atoms with E-state index in [1.54, 1.807) is 0 Å². The Labute approximate surface area is 113 Å². The molecule has 1 aromatic rings. The Morgan fingerprint density at radius 2 is 2.11 bits per heavy atom. The van der Waals surface area contributed by atoms with Crippen LogP contribution in [0.25, 0.3) is 0 Å². The Balaban J connectivity index is 2.48. The zero-order valence-corrected chi connectivity index (χ0v) is 11.7. The molecule has 1 rings (SSSR count). The predicted molar refractivity (Wildman–Crippen MR) is 75.4 cm³/mol. The van der Waals surface area contributed by atoms with Gasteiger partial charge in [-0.15, -0.1) is 11.6 Å². The van der Waals surface area contributed by atoms with E-state index in [9.17, 15) is 4.79 Å². The number of carbonyl (C=O) groups excluding carboxylic acids is 1. The summed E-state index contributed by atoms with van der Waals surface area (Å²) in [6.45, 7) is 4.28. The lowest BCUT2D eigenvalue weighted by atomic mass is 10.1. The molecule has 0 aromatic heterocycles. The standard InChI is InChI=1S/C14H20ClNO2/c1-11(7-9-15)8-10-18-14-6-4-3-5-13(14)16-12(2)17/h3-6,11H,7-10H2,1-2H3,(H,16,17). The predicted octanol–water partition coefficient (Wildman–Crippen LogP) is 3.68. The highest BCUT2D eigenvalue weighted by molar-refractivity contribution is 6.17. The monoisotopic (exact) mass is 269 g/mol. The fourth-order valence-corrected chi connectivity index (χ4v) is 1.96. The second-order valence-corrected chi connectivity index (χ2v) is 4.78. The third-order valence-electron chi connectivity index (χ3n) is 2.67. The highest BCUT2D eigenvalue weighted by Gasteiger charge is 2.06. The van der Waals surface area contributed by atoms with Gasteiger partial charge in [-0.25, -0.2) is 0 Å². The molecule has 0 aliphatic heterocycles. The Morgan fingerprint density at radius 1 is 1.39 bits per heavy atom. The number of hydrogen-bond acceptors (Lipinski definition) is 2. The van der Waals surface area contributed by atoms with Crippen molar-refractivity contribution >= 4 is 23.2 Å². The second-order valence-electron chi connectivity index (χ2n) is 4.40. The normalized spacial score (nSPS) is 11.9. The van der Waals surface area contributed by atoms with Gasteiger partial charge in [-0.3, -0.25) is 4.79 Å². The molecule has 4 heteroatoms. The largest absolute Gasteiger partial charge is 0.491 e. The molecule has 1 N–H and O–H groups in total. The molecule has 0 aliphatic rings. The maximum absolute atomic E-state index is 11.1. The number of amides is 1. The van der Waals surface area contributed by atoms with Crippen LogP contribution in [-0.2, 0) is 4.79 Å². The molecule has 0 saturated heterocycles. The molecular weight excluding hydrogens is 250 g/mol. The molecule has 1 unspecified atom stereocenters. The van der Waals surface area contributed by atoms with E-state index >= 15 is 0 Å². The van der Waals surface area contributed by atoms with Crippen LogP contribution in [0.15, 0.2) is 24.3 Å². The summed E-state index contributed by atoms with van der Waals surface area (Å²) in [6, 6.07) is 7.45. The summed E-state index contributed by atoms with van der Waals surface area (Å²) in [5, 5.41) is 2.75. The van der Waals surface area contributed by atoms with Crippen LogP contribution in [0.3, 0.4) is 0 Å². The van der Waals surface area contributed by atoms with E-state index in [1.807, 2.05) is 24.3 Å². The smallest absolute Gasteiger partial charge is 0.221 e. The summed E-state index contributed by atoms with van der Waals surface area (Å²) in [5.74, 6) is 1.85. The van der Waals surface area contributed by atoms with E-state index in [0.29, 0.717) is 24.2 Å². The van der Waals surface area contributed by atoms with Crippen molar-refractivity contribution in [3.05, 3.63) is 24.3 Å². The van der Waals surface area contributed by atoms with Crippen molar-refractivity contribution in [2.75, 3.05) is 17.8 Å². The van der Waals surface area contributed by atoms with Gasteiger partial charge >= 0.3 is 0 Å². The quantitative estimate of drug-likeness (QED) is 0.767. The Morgan fingerprint density at radius 3 is 2.78 bits per heavy atom. The molecule has 0 saturated carbocycles. The lowest BCUT2D eigenvalue weighted by Gasteiger charge is -2.13. The van der Waals surface area contributed by atoms with Crippen LogP contribution < -0.4 is 10.1 Å².